The maximum absolute atomic E-state index is 11.1. The predicted octanol–water partition coefficient (Wildman–Crippen LogP) is 0.165. The van der Waals surface area contributed by atoms with E-state index < -0.39 is 24.0 Å². The zero-order chi connectivity index (χ0) is 10.5. The second-order valence-electron chi connectivity index (χ2n) is 2.68. The van der Waals surface area contributed by atoms with E-state index in [2.05, 4.69) is 4.74 Å². The van der Waals surface area contributed by atoms with Crippen LogP contribution in [0.3, 0.4) is 0 Å². The molecule has 1 atom stereocenters. The lowest BCUT2D eigenvalue weighted by molar-refractivity contribution is -0.170. The van der Waals surface area contributed by atoms with Gasteiger partial charge >= 0.3 is 11.9 Å². The normalized spacial score (nSPS) is 14.7. The molecule has 0 radical (unpaired) electrons. The smallest absolute Gasteiger partial charge is 0.338 e. The van der Waals surface area contributed by atoms with Gasteiger partial charge in [-0.05, 0) is 13.3 Å². The van der Waals surface area contributed by atoms with Gasteiger partial charge in [0, 0.05) is 0 Å². The van der Waals surface area contributed by atoms with E-state index in [1.165, 1.54) is 6.92 Å². The van der Waals surface area contributed by atoms with Crippen molar-refractivity contribution in [1.82, 2.24) is 0 Å². The maximum Gasteiger partial charge on any atom is 0.338 e. The van der Waals surface area contributed by atoms with E-state index in [0.717, 1.165) is 0 Å². The lowest BCUT2D eigenvalue weighted by atomic mass is 9.97. The second-order valence-corrected chi connectivity index (χ2v) is 2.68. The molecule has 0 saturated heterocycles. The molecule has 76 valence electrons. The summed E-state index contributed by atoms with van der Waals surface area (Å²) in [5.74, 6) is -2.10. The quantitative estimate of drug-likeness (QED) is 0.603. The Morgan fingerprint density at radius 1 is 1.38 bits per heavy atom. The second kappa shape index (κ2) is 4.81. The number of carbonyl (C=O) groups excluding carboxylic acids is 1. The van der Waals surface area contributed by atoms with Crippen LogP contribution in [-0.4, -0.2) is 34.4 Å². The van der Waals surface area contributed by atoms with Crippen molar-refractivity contribution in [2.45, 2.75) is 32.3 Å². The largest absolute Gasteiger partial charge is 0.481 e. The van der Waals surface area contributed by atoms with Gasteiger partial charge in [-0.1, -0.05) is 6.92 Å². The first-order chi connectivity index (χ1) is 5.96. The lowest BCUT2D eigenvalue weighted by Gasteiger charge is -2.21. The Balaban J connectivity index is 4.42. The van der Waals surface area contributed by atoms with Crippen LogP contribution >= 0.6 is 0 Å². The predicted molar refractivity (Wildman–Crippen MR) is 44.1 cm³/mol. The van der Waals surface area contributed by atoms with Crippen LogP contribution < -0.4 is 0 Å². The zero-order valence-electron chi connectivity index (χ0n) is 7.74. The fourth-order valence-corrected chi connectivity index (χ4v) is 0.857. The molecule has 0 fully saturated rings. The van der Waals surface area contributed by atoms with Gasteiger partial charge in [0.2, 0.25) is 0 Å². The summed E-state index contributed by atoms with van der Waals surface area (Å²) in [5.41, 5.74) is -1.89. The fourth-order valence-electron chi connectivity index (χ4n) is 0.857. The van der Waals surface area contributed by atoms with E-state index in [9.17, 15) is 14.7 Å². The van der Waals surface area contributed by atoms with Crippen molar-refractivity contribution in [3.05, 3.63) is 0 Å². The van der Waals surface area contributed by atoms with Crippen molar-refractivity contribution in [1.29, 1.82) is 0 Å². The van der Waals surface area contributed by atoms with Crippen LogP contribution in [0.2, 0.25) is 0 Å². The first-order valence-corrected chi connectivity index (χ1v) is 4.07. The number of aliphatic carboxylic acids is 1. The van der Waals surface area contributed by atoms with E-state index >= 15 is 0 Å². The molecule has 0 aromatic rings. The fraction of sp³-hybridized carbons (Fsp3) is 0.750. The molecule has 0 saturated carbocycles. The van der Waals surface area contributed by atoms with Crippen molar-refractivity contribution in [2.24, 2.45) is 0 Å². The van der Waals surface area contributed by atoms with Gasteiger partial charge in [-0.2, -0.15) is 0 Å². The van der Waals surface area contributed by atoms with E-state index in [0.29, 0.717) is 0 Å². The first-order valence-electron chi connectivity index (χ1n) is 4.07. The number of carbonyl (C=O) groups is 2. The number of esters is 1. The number of carboxylic acids is 1. The van der Waals surface area contributed by atoms with Crippen molar-refractivity contribution in [3.63, 3.8) is 0 Å². The molecule has 2 N–H and O–H groups in total. The summed E-state index contributed by atoms with van der Waals surface area (Å²) in [7, 11) is 0. The highest BCUT2D eigenvalue weighted by molar-refractivity contribution is 5.84. The molecule has 5 nitrogen and oxygen atoms in total. The van der Waals surface area contributed by atoms with Crippen molar-refractivity contribution in [2.75, 3.05) is 6.61 Å². The molecule has 0 aliphatic heterocycles. The van der Waals surface area contributed by atoms with E-state index in [1.54, 1.807) is 6.92 Å². The number of hydrogen-bond acceptors (Lipinski definition) is 4. The molecule has 0 heterocycles. The van der Waals surface area contributed by atoms with Gasteiger partial charge < -0.3 is 14.9 Å². The van der Waals surface area contributed by atoms with Gasteiger partial charge in [-0.15, -0.1) is 0 Å². The Morgan fingerprint density at radius 3 is 2.23 bits per heavy atom. The number of carboxylic acid groups (broad SMARTS) is 1. The zero-order valence-corrected chi connectivity index (χ0v) is 7.74. The summed E-state index contributed by atoms with van der Waals surface area (Å²) in [5, 5.41) is 18.0. The molecule has 13 heavy (non-hydrogen) atoms. The summed E-state index contributed by atoms with van der Waals surface area (Å²) >= 11 is 0. The van der Waals surface area contributed by atoms with Gasteiger partial charge in [-0.3, -0.25) is 4.79 Å². The third kappa shape index (κ3) is 3.42. The SMILES string of the molecule is CCOC(=O)C(O)(CC)CC(=O)O. The lowest BCUT2D eigenvalue weighted by Crippen LogP contribution is -2.41. The topological polar surface area (TPSA) is 83.8 Å². The number of hydrogen-bond donors (Lipinski definition) is 2. The van der Waals surface area contributed by atoms with E-state index in [-0.39, 0.29) is 13.0 Å². The number of ether oxygens (including phenoxy) is 1. The van der Waals surface area contributed by atoms with Crippen LogP contribution in [0.4, 0.5) is 0 Å². The molecule has 0 rings (SSSR count). The summed E-state index contributed by atoms with van der Waals surface area (Å²) < 4.78 is 4.55. The van der Waals surface area contributed by atoms with Crippen molar-refractivity contribution >= 4 is 11.9 Å². The summed E-state index contributed by atoms with van der Waals surface area (Å²) in [4.78, 5) is 21.4. The Kier molecular flexibility index (Phi) is 4.40. The number of rotatable bonds is 5. The van der Waals surface area contributed by atoms with Crippen LogP contribution in [0.1, 0.15) is 26.7 Å². The van der Waals surface area contributed by atoms with E-state index in [1.807, 2.05) is 0 Å². The van der Waals surface area contributed by atoms with Gasteiger partial charge in [0.15, 0.2) is 5.60 Å². The monoisotopic (exact) mass is 190 g/mol. The molecule has 0 amide bonds. The number of aliphatic hydroxyl groups is 1. The first kappa shape index (κ1) is 11.9. The van der Waals surface area contributed by atoms with Crippen LogP contribution in [0.15, 0.2) is 0 Å². The Labute approximate surface area is 76.3 Å². The third-order valence-corrected chi connectivity index (χ3v) is 1.68. The molecule has 0 aliphatic rings. The molecule has 1 unspecified atom stereocenters. The van der Waals surface area contributed by atoms with Crippen LogP contribution in [0.5, 0.6) is 0 Å². The molecule has 5 heteroatoms. The molecule has 0 bridgehead atoms. The molecule has 0 aliphatic carbocycles. The standard InChI is InChI=1S/C8H14O5/c1-3-8(12,5-6(9)10)7(11)13-4-2/h12H,3-5H2,1-2H3,(H,9,10). The molecule has 0 aromatic carbocycles. The van der Waals surface area contributed by atoms with Gasteiger partial charge in [0.25, 0.3) is 0 Å². The average Bonchev–Trinajstić information content (AvgIpc) is 2.03. The maximum atomic E-state index is 11.1. The van der Waals surface area contributed by atoms with Gasteiger partial charge in [0.05, 0.1) is 13.0 Å². The van der Waals surface area contributed by atoms with Crippen LogP contribution in [0.25, 0.3) is 0 Å². The summed E-state index contributed by atoms with van der Waals surface area (Å²) in [6.07, 6.45) is -0.597. The highest BCUT2D eigenvalue weighted by atomic mass is 16.5. The molecular weight excluding hydrogens is 176 g/mol. The highest BCUT2D eigenvalue weighted by Gasteiger charge is 2.37. The highest BCUT2D eigenvalue weighted by Crippen LogP contribution is 2.16. The molecule has 0 aromatic heterocycles. The summed E-state index contributed by atoms with van der Waals surface area (Å²) in [6.45, 7) is 3.25. The van der Waals surface area contributed by atoms with Crippen molar-refractivity contribution < 1.29 is 24.5 Å². The van der Waals surface area contributed by atoms with Crippen LogP contribution in [0, 0.1) is 0 Å². The minimum absolute atomic E-state index is 0.0259. The molecule has 0 spiro atoms. The van der Waals surface area contributed by atoms with Gasteiger partial charge in [-0.25, -0.2) is 4.79 Å². The summed E-state index contributed by atoms with van der Waals surface area (Å²) in [6, 6.07) is 0. The Morgan fingerprint density at radius 2 is 1.92 bits per heavy atom. The minimum atomic E-state index is -1.89. The Hall–Kier alpha value is -1.10. The third-order valence-electron chi connectivity index (χ3n) is 1.68. The average molecular weight is 190 g/mol. The molecular formula is C8H14O5. The van der Waals surface area contributed by atoms with Crippen LogP contribution in [-0.2, 0) is 14.3 Å². The van der Waals surface area contributed by atoms with Crippen molar-refractivity contribution in [3.8, 4) is 0 Å². The van der Waals surface area contributed by atoms with E-state index in [4.69, 9.17) is 5.11 Å². The minimum Gasteiger partial charge on any atom is -0.481 e. The van der Waals surface area contributed by atoms with Gasteiger partial charge in [0.1, 0.15) is 0 Å². The Bertz CT molecular complexity index is 201.